The molecule has 1 saturated carbocycles. The van der Waals surface area contributed by atoms with E-state index in [-0.39, 0.29) is 5.92 Å². The topological polar surface area (TPSA) is 58.9 Å². The summed E-state index contributed by atoms with van der Waals surface area (Å²) in [5.74, 6) is 0.823. The van der Waals surface area contributed by atoms with Crippen LogP contribution < -0.4 is 5.76 Å². The summed E-state index contributed by atoms with van der Waals surface area (Å²) in [5.41, 5.74) is 1.28. The first-order valence-electron chi connectivity index (χ1n) is 5.53. The zero-order valence-electron chi connectivity index (χ0n) is 9.02. The van der Waals surface area contributed by atoms with Gasteiger partial charge in [0.1, 0.15) is 0 Å². The monoisotopic (exact) mass is 250 g/mol. The molecule has 3 rings (SSSR count). The summed E-state index contributed by atoms with van der Waals surface area (Å²) >= 11 is 5.84. The largest absolute Gasteiger partial charge is 0.434 e. The summed E-state index contributed by atoms with van der Waals surface area (Å²) in [6.45, 7) is 0. The van der Waals surface area contributed by atoms with Gasteiger partial charge in [0.25, 0.3) is 0 Å². The number of aromatic amines is 1. The van der Waals surface area contributed by atoms with E-state index >= 15 is 0 Å². The SMILES string of the molecule is O=c1[nH]nc(C2CC(c3ccc(Cl)cc3)C2)o1. The lowest BCUT2D eigenvalue weighted by Gasteiger charge is -2.33. The Morgan fingerprint density at radius 3 is 2.53 bits per heavy atom. The maximum atomic E-state index is 10.8. The van der Waals surface area contributed by atoms with E-state index in [1.807, 2.05) is 24.3 Å². The average molecular weight is 251 g/mol. The molecule has 2 aromatic rings. The van der Waals surface area contributed by atoms with E-state index in [0.717, 1.165) is 17.9 Å². The van der Waals surface area contributed by atoms with Crippen LogP contribution in [0.4, 0.5) is 0 Å². The highest BCUT2D eigenvalue weighted by Gasteiger charge is 2.34. The average Bonchev–Trinajstić information content (AvgIpc) is 2.66. The standard InChI is InChI=1S/C12H11ClN2O2/c13-10-3-1-7(2-4-10)8-5-9(6-8)11-14-15-12(16)17-11/h1-4,8-9H,5-6H2,(H,15,16). The van der Waals surface area contributed by atoms with Gasteiger partial charge in [-0.3, -0.25) is 0 Å². The van der Waals surface area contributed by atoms with Crippen LogP contribution in [0.5, 0.6) is 0 Å². The minimum Gasteiger partial charge on any atom is -0.392 e. The van der Waals surface area contributed by atoms with Gasteiger partial charge in [-0.2, -0.15) is 0 Å². The summed E-state index contributed by atoms with van der Waals surface area (Å²) in [4.78, 5) is 10.8. The van der Waals surface area contributed by atoms with Gasteiger partial charge in [-0.25, -0.2) is 9.89 Å². The zero-order valence-corrected chi connectivity index (χ0v) is 9.78. The maximum Gasteiger partial charge on any atom is 0.434 e. The van der Waals surface area contributed by atoms with Gasteiger partial charge in [0.05, 0.1) is 0 Å². The lowest BCUT2D eigenvalue weighted by atomic mass is 9.71. The fourth-order valence-corrected chi connectivity index (χ4v) is 2.37. The first-order chi connectivity index (χ1) is 8.22. The number of nitrogens with zero attached hydrogens (tertiary/aromatic N) is 1. The van der Waals surface area contributed by atoms with Crippen LogP contribution in [0, 0.1) is 0 Å². The molecule has 0 aliphatic heterocycles. The second-order valence-electron chi connectivity index (χ2n) is 4.37. The Bertz CT molecular complexity index is 567. The molecule has 17 heavy (non-hydrogen) atoms. The summed E-state index contributed by atoms with van der Waals surface area (Å²) in [6, 6.07) is 7.89. The quantitative estimate of drug-likeness (QED) is 0.891. The summed E-state index contributed by atoms with van der Waals surface area (Å²) in [7, 11) is 0. The molecule has 1 aromatic carbocycles. The van der Waals surface area contributed by atoms with Crippen molar-refractivity contribution < 1.29 is 4.42 Å². The minimum atomic E-state index is -0.477. The molecule has 1 N–H and O–H groups in total. The Balaban J connectivity index is 1.68. The molecule has 1 fully saturated rings. The Hall–Kier alpha value is -1.55. The van der Waals surface area contributed by atoms with E-state index < -0.39 is 5.76 Å². The molecule has 88 valence electrons. The predicted molar refractivity (Wildman–Crippen MR) is 63.3 cm³/mol. The van der Waals surface area contributed by atoms with Crippen LogP contribution in [-0.2, 0) is 0 Å². The Kier molecular flexibility index (Phi) is 2.52. The van der Waals surface area contributed by atoms with Gasteiger partial charge in [0.15, 0.2) is 0 Å². The van der Waals surface area contributed by atoms with Crippen molar-refractivity contribution in [1.29, 1.82) is 0 Å². The number of aromatic nitrogens is 2. The molecule has 1 heterocycles. The molecular weight excluding hydrogens is 240 g/mol. The van der Waals surface area contributed by atoms with Gasteiger partial charge in [-0.05, 0) is 36.5 Å². The van der Waals surface area contributed by atoms with E-state index in [1.54, 1.807) is 0 Å². The van der Waals surface area contributed by atoms with Crippen molar-refractivity contribution in [3.05, 3.63) is 51.3 Å². The van der Waals surface area contributed by atoms with Crippen LogP contribution in [0.25, 0.3) is 0 Å². The molecule has 0 bridgehead atoms. The van der Waals surface area contributed by atoms with Crippen molar-refractivity contribution in [2.24, 2.45) is 0 Å². The predicted octanol–water partition coefficient (Wildman–Crippen LogP) is 2.68. The normalized spacial score (nSPS) is 23.4. The van der Waals surface area contributed by atoms with E-state index in [2.05, 4.69) is 10.2 Å². The van der Waals surface area contributed by atoms with Gasteiger partial charge >= 0.3 is 5.76 Å². The maximum absolute atomic E-state index is 10.8. The summed E-state index contributed by atoms with van der Waals surface area (Å²) in [5, 5.41) is 6.90. The zero-order chi connectivity index (χ0) is 11.8. The molecular formula is C12H11ClN2O2. The van der Waals surface area contributed by atoms with Gasteiger partial charge < -0.3 is 4.42 Å². The fourth-order valence-electron chi connectivity index (χ4n) is 2.24. The third-order valence-electron chi connectivity index (χ3n) is 3.28. The second-order valence-corrected chi connectivity index (χ2v) is 4.80. The molecule has 0 atom stereocenters. The second kappa shape index (κ2) is 4.04. The van der Waals surface area contributed by atoms with Crippen molar-refractivity contribution in [2.75, 3.05) is 0 Å². The smallest absolute Gasteiger partial charge is 0.392 e. The molecule has 1 aliphatic rings. The third kappa shape index (κ3) is 2.00. The van der Waals surface area contributed by atoms with Crippen molar-refractivity contribution in [3.8, 4) is 0 Å². The lowest BCUT2D eigenvalue weighted by molar-refractivity contribution is 0.287. The van der Waals surface area contributed by atoms with Gasteiger partial charge in [-0.15, -0.1) is 5.10 Å². The van der Waals surface area contributed by atoms with Crippen molar-refractivity contribution in [3.63, 3.8) is 0 Å². The molecule has 0 spiro atoms. The van der Waals surface area contributed by atoms with Gasteiger partial charge in [0, 0.05) is 10.9 Å². The molecule has 1 aromatic heterocycles. The number of hydrogen-bond donors (Lipinski definition) is 1. The molecule has 0 unspecified atom stereocenters. The first kappa shape index (κ1) is 10.6. The highest BCUT2D eigenvalue weighted by molar-refractivity contribution is 6.30. The molecule has 0 saturated heterocycles. The number of H-pyrrole nitrogens is 1. The van der Waals surface area contributed by atoms with Crippen molar-refractivity contribution >= 4 is 11.6 Å². The summed E-state index contributed by atoms with van der Waals surface area (Å²) in [6.07, 6.45) is 1.94. The van der Waals surface area contributed by atoms with Crippen molar-refractivity contribution in [1.82, 2.24) is 10.2 Å². The van der Waals surface area contributed by atoms with E-state index in [9.17, 15) is 4.79 Å². The van der Waals surface area contributed by atoms with Gasteiger partial charge in [0.2, 0.25) is 5.89 Å². The van der Waals surface area contributed by atoms with E-state index in [4.69, 9.17) is 16.0 Å². The Morgan fingerprint density at radius 1 is 1.24 bits per heavy atom. The van der Waals surface area contributed by atoms with Crippen LogP contribution >= 0.6 is 11.6 Å². The summed E-state index contributed by atoms with van der Waals surface area (Å²) < 4.78 is 4.95. The molecule has 1 aliphatic carbocycles. The lowest BCUT2D eigenvalue weighted by Crippen LogP contribution is -2.20. The number of hydrogen-bond acceptors (Lipinski definition) is 3. The van der Waals surface area contributed by atoms with Crippen LogP contribution in [-0.4, -0.2) is 10.2 Å². The number of benzene rings is 1. The van der Waals surface area contributed by atoms with Crippen LogP contribution in [0.2, 0.25) is 5.02 Å². The Labute approximate surface area is 103 Å². The number of rotatable bonds is 2. The molecule has 5 heteroatoms. The van der Waals surface area contributed by atoms with E-state index in [0.29, 0.717) is 11.8 Å². The highest BCUT2D eigenvalue weighted by atomic mass is 35.5. The van der Waals surface area contributed by atoms with Crippen LogP contribution in [0.15, 0.2) is 33.5 Å². The van der Waals surface area contributed by atoms with Crippen LogP contribution in [0.3, 0.4) is 0 Å². The highest BCUT2D eigenvalue weighted by Crippen LogP contribution is 2.46. The molecule has 4 nitrogen and oxygen atoms in total. The third-order valence-corrected chi connectivity index (χ3v) is 3.54. The molecule has 0 amide bonds. The fraction of sp³-hybridized carbons (Fsp3) is 0.333. The Morgan fingerprint density at radius 2 is 1.94 bits per heavy atom. The molecule has 0 radical (unpaired) electrons. The number of nitrogens with one attached hydrogen (secondary N) is 1. The van der Waals surface area contributed by atoms with Crippen LogP contribution in [0.1, 0.15) is 36.1 Å². The number of halogens is 1. The van der Waals surface area contributed by atoms with Gasteiger partial charge in [-0.1, -0.05) is 23.7 Å². The minimum absolute atomic E-state index is 0.259. The van der Waals surface area contributed by atoms with E-state index in [1.165, 1.54) is 5.56 Å². The first-order valence-corrected chi connectivity index (χ1v) is 5.91. The van der Waals surface area contributed by atoms with Crippen molar-refractivity contribution in [2.45, 2.75) is 24.7 Å².